The number of rotatable bonds is 7. The van der Waals surface area contributed by atoms with Crippen LogP contribution in [0.25, 0.3) is 0 Å². The third kappa shape index (κ3) is 4.75. The van der Waals surface area contributed by atoms with Crippen LogP contribution in [0.3, 0.4) is 0 Å². The summed E-state index contributed by atoms with van der Waals surface area (Å²) in [7, 11) is 0. The molecule has 0 bridgehead atoms. The molecule has 1 amide bonds. The number of nitrogens with zero attached hydrogens (tertiary/aromatic N) is 2. The summed E-state index contributed by atoms with van der Waals surface area (Å²) >= 11 is 5.99. The summed E-state index contributed by atoms with van der Waals surface area (Å²) in [5, 5.41) is 19.4. The highest BCUT2D eigenvalue weighted by Crippen LogP contribution is 2.21. The average molecular weight is 323 g/mol. The quantitative estimate of drug-likeness (QED) is 0.726. The summed E-state index contributed by atoms with van der Waals surface area (Å²) in [5.41, 5.74) is 1.89. The van der Waals surface area contributed by atoms with Crippen molar-refractivity contribution in [2.75, 3.05) is 18.5 Å². The van der Waals surface area contributed by atoms with E-state index in [4.69, 9.17) is 16.7 Å². The molecule has 6 nitrogen and oxygen atoms in total. The van der Waals surface area contributed by atoms with E-state index < -0.39 is 0 Å². The fourth-order valence-corrected chi connectivity index (χ4v) is 2.23. The van der Waals surface area contributed by atoms with Crippen LogP contribution in [0.2, 0.25) is 5.02 Å². The fourth-order valence-electron chi connectivity index (χ4n) is 2.03. The Bertz CT molecular complexity index is 630. The van der Waals surface area contributed by atoms with Crippen LogP contribution < -0.4 is 10.6 Å². The molecule has 0 aliphatic heterocycles. The predicted octanol–water partition coefficient (Wildman–Crippen LogP) is 1.82. The number of hydrogen-bond acceptors (Lipinski definition) is 4. The summed E-state index contributed by atoms with van der Waals surface area (Å²) < 4.78 is 1.54. The molecule has 7 heteroatoms. The minimum atomic E-state index is -0.188. The topological polar surface area (TPSA) is 79.2 Å². The zero-order chi connectivity index (χ0) is 15.9. The van der Waals surface area contributed by atoms with E-state index in [9.17, 15) is 4.79 Å². The molecule has 118 valence electrons. The predicted molar refractivity (Wildman–Crippen MR) is 85.8 cm³/mol. The normalized spacial score (nSPS) is 12.0. The van der Waals surface area contributed by atoms with E-state index >= 15 is 0 Å². The highest BCUT2D eigenvalue weighted by Gasteiger charge is 2.08. The molecule has 0 aliphatic carbocycles. The van der Waals surface area contributed by atoms with Crippen molar-refractivity contribution in [3.05, 3.63) is 47.2 Å². The highest BCUT2D eigenvalue weighted by molar-refractivity contribution is 6.30. The van der Waals surface area contributed by atoms with Gasteiger partial charge in [-0.2, -0.15) is 5.10 Å². The second-order valence-electron chi connectivity index (χ2n) is 4.92. The van der Waals surface area contributed by atoms with Crippen molar-refractivity contribution in [1.82, 2.24) is 15.1 Å². The van der Waals surface area contributed by atoms with Gasteiger partial charge in [0.25, 0.3) is 0 Å². The van der Waals surface area contributed by atoms with Gasteiger partial charge in [-0.15, -0.1) is 0 Å². The summed E-state index contributed by atoms with van der Waals surface area (Å²) in [6.45, 7) is 2.32. The van der Waals surface area contributed by atoms with E-state index in [1.54, 1.807) is 17.1 Å². The van der Waals surface area contributed by atoms with Crippen LogP contribution in [0.5, 0.6) is 0 Å². The molecular formula is C15H19ClN4O2. The largest absolute Gasteiger partial charge is 0.395 e. The van der Waals surface area contributed by atoms with E-state index in [0.29, 0.717) is 5.02 Å². The molecular weight excluding hydrogens is 304 g/mol. The zero-order valence-electron chi connectivity index (χ0n) is 12.3. The monoisotopic (exact) mass is 322 g/mol. The fraction of sp³-hybridized carbons (Fsp3) is 0.333. The van der Waals surface area contributed by atoms with Crippen molar-refractivity contribution < 1.29 is 9.90 Å². The van der Waals surface area contributed by atoms with E-state index in [0.717, 1.165) is 11.3 Å². The van der Waals surface area contributed by atoms with Gasteiger partial charge >= 0.3 is 0 Å². The third-order valence-corrected chi connectivity index (χ3v) is 3.34. The standard InChI is InChI=1S/C15H19ClN4O2/c1-11(12-3-2-4-13(16)7-12)19-14-8-18-20(9-14)10-15(22)17-5-6-21/h2-4,7-9,11,19,21H,5-6,10H2,1H3,(H,17,22). The zero-order valence-corrected chi connectivity index (χ0v) is 13.0. The number of carbonyl (C=O) groups is 1. The first-order chi connectivity index (χ1) is 10.6. The van der Waals surface area contributed by atoms with Gasteiger partial charge in [-0.3, -0.25) is 9.48 Å². The van der Waals surface area contributed by atoms with Crippen molar-refractivity contribution in [3.63, 3.8) is 0 Å². The van der Waals surface area contributed by atoms with Crippen molar-refractivity contribution in [2.45, 2.75) is 19.5 Å². The average Bonchev–Trinajstić information content (AvgIpc) is 2.92. The summed E-state index contributed by atoms with van der Waals surface area (Å²) in [6.07, 6.45) is 3.43. The Morgan fingerprint density at radius 1 is 1.50 bits per heavy atom. The van der Waals surface area contributed by atoms with E-state index in [1.165, 1.54) is 0 Å². The lowest BCUT2D eigenvalue weighted by Crippen LogP contribution is -2.30. The van der Waals surface area contributed by atoms with E-state index in [-0.39, 0.29) is 31.6 Å². The molecule has 0 aliphatic rings. The number of aliphatic hydroxyl groups excluding tert-OH is 1. The van der Waals surface area contributed by atoms with Crippen molar-refractivity contribution >= 4 is 23.2 Å². The van der Waals surface area contributed by atoms with E-state index in [2.05, 4.69) is 15.7 Å². The number of benzene rings is 1. The van der Waals surface area contributed by atoms with Crippen LogP contribution in [0.15, 0.2) is 36.7 Å². The van der Waals surface area contributed by atoms with Crippen LogP contribution in [0.1, 0.15) is 18.5 Å². The lowest BCUT2D eigenvalue weighted by atomic mass is 10.1. The lowest BCUT2D eigenvalue weighted by molar-refractivity contribution is -0.122. The number of aromatic nitrogens is 2. The Morgan fingerprint density at radius 2 is 2.32 bits per heavy atom. The van der Waals surface area contributed by atoms with Gasteiger partial charge in [0.05, 0.1) is 18.5 Å². The number of hydrogen-bond donors (Lipinski definition) is 3. The Morgan fingerprint density at radius 3 is 3.05 bits per heavy atom. The maximum absolute atomic E-state index is 11.5. The smallest absolute Gasteiger partial charge is 0.241 e. The Kier molecular flexibility index (Phi) is 5.80. The van der Waals surface area contributed by atoms with Gasteiger partial charge in [-0.25, -0.2) is 0 Å². The number of carbonyl (C=O) groups excluding carboxylic acids is 1. The molecule has 1 aromatic heterocycles. The number of nitrogens with one attached hydrogen (secondary N) is 2. The molecule has 1 atom stereocenters. The van der Waals surface area contributed by atoms with Crippen LogP contribution in [0, 0.1) is 0 Å². The van der Waals surface area contributed by atoms with Gasteiger partial charge in [-0.05, 0) is 24.6 Å². The highest BCUT2D eigenvalue weighted by atomic mass is 35.5. The maximum atomic E-state index is 11.5. The van der Waals surface area contributed by atoms with Gasteiger partial charge in [-0.1, -0.05) is 23.7 Å². The van der Waals surface area contributed by atoms with Crippen LogP contribution in [-0.4, -0.2) is 33.9 Å². The molecule has 1 unspecified atom stereocenters. The third-order valence-electron chi connectivity index (χ3n) is 3.10. The molecule has 0 radical (unpaired) electrons. The van der Waals surface area contributed by atoms with Crippen LogP contribution in [-0.2, 0) is 11.3 Å². The second-order valence-corrected chi connectivity index (χ2v) is 5.36. The molecule has 2 aromatic rings. The second kappa shape index (κ2) is 7.82. The van der Waals surface area contributed by atoms with Gasteiger partial charge in [0, 0.05) is 23.8 Å². The van der Waals surface area contributed by atoms with E-state index in [1.807, 2.05) is 31.2 Å². The summed E-state index contributed by atoms with van der Waals surface area (Å²) in [6, 6.07) is 7.72. The Balaban J connectivity index is 1.92. The number of amides is 1. The van der Waals surface area contributed by atoms with Crippen LogP contribution in [0.4, 0.5) is 5.69 Å². The molecule has 0 saturated heterocycles. The van der Waals surface area contributed by atoms with Gasteiger partial charge < -0.3 is 15.7 Å². The maximum Gasteiger partial charge on any atom is 0.241 e. The molecule has 0 fully saturated rings. The van der Waals surface area contributed by atoms with Gasteiger partial charge in [0.2, 0.25) is 5.91 Å². The SMILES string of the molecule is CC(Nc1cnn(CC(=O)NCCO)c1)c1cccc(Cl)c1. The molecule has 1 aromatic carbocycles. The minimum Gasteiger partial charge on any atom is -0.395 e. The first-order valence-corrected chi connectivity index (χ1v) is 7.38. The Hall–Kier alpha value is -2.05. The Labute approximate surface area is 134 Å². The summed E-state index contributed by atoms with van der Waals surface area (Å²) in [4.78, 5) is 11.5. The first-order valence-electron chi connectivity index (χ1n) is 7.00. The molecule has 3 N–H and O–H groups in total. The van der Waals surface area contributed by atoms with Gasteiger partial charge in [0.15, 0.2) is 0 Å². The molecule has 0 saturated carbocycles. The molecule has 2 rings (SSSR count). The number of aliphatic hydroxyl groups is 1. The lowest BCUT2D eigenvalue weighted by Gasteiger charge is -2.14. The van der Waals surface area contributed by atoms with Crippen LogP contribution >= 0.6 is 11.6 Å². The van der Waals surface area contributed by atoms with Crippen molar-refractivity contribution in [1.29, 1.82) is 0 Å². The van der Waals surface area contributed by atoms with Gasteiger partial charge in [0.1, 0.15) is 6.54 Å². The van der Waals surface area contributed by atoms with Crippen molar-refractivity contribution in [2.24, 2.45) is 0 Å². The van der Waals surface area contributed by atoms with Crippen molar-refractivity contribution in [3.8, 4) is 0 Å². The first kappa shape index (κ1) is 16.3. The summed E-state index contributed by atoms with van der Waals surface area (Å²) in [5.74, 6) is -0.188. The molecule has 22 heavy (non-hydrogen) atoms. The molecule has 0 spiro atoms. The number of halogens is 1. The minimum absolute atomic E-state index is 0.0690. The number of anilines is 1. The molecule has 1 heterocycles.